The van der Waals surface area contributed by atoms with E-state index in [4.69, 9.17) is 9.47 Å². The first-order valence-corrected chi connectivity index (χ1v) is 28.8. The van der Waals surface area contributed by atoms with Crippen LogP contribution >= 0.6 is 7.82 Å². The summed E-state index contributed by atoms with van der Waals surface area (Å²) in [7, 11) is -3.95. The van der Waals surface area contributed by atoms with Crippen LogP contribution in [0.25, 0.3) is 11.3 Å². The quantitative estimate of drug-likeness (QED) is 0.00842. The van der Waals surface area contributed by atoms with Crippen LogP contribution in [0.2, 0.25) is 0 Å². The Morgan fingerprint density at radius 3 is 1.83 bits per heavy atom. The molecule has 90 heavy (non-hydrogen) atoms. The molecule has 5 heterocycles. The van der Waals surface area contributed by atoms with Crippen molar-refractivity contribution < 1.29 is 110 Å². The molecule has 0 radical (unpaired) electrons. The Hall–Kier alpha value is -7.80. The van der Waals surface area contributed by atoms with Gasteiger partial charge in [-0.05, 0) is 95.0 Å². The summed E-state index contributed by atoms with van der Waals surface area (Å²) in [6, 6.07) is 5.10. The van der Waals surface area contributed by atoms with Gasteiger partial charge in [-0.25, -0.2) is 46.9 Å². The molecule has 3 fully saturated rings. The summed E-state index contributed by atoms with van der Waals surface area (Å²) in [4.78, 5) is 95.5. The lowest BCUT2D eigenvalue weighted by Gasteiger charge is -2.47. The Balaban J connectivity index is 1.28. The first-order valence-electron chi connectivity index (χ1n) is 27.3. The van der Waals surface area contributed by atoms with Crippen molar-refractivity contribution in [3.05, 3.63) is 101 Å². The molecule has 0 saturated carbocycles. The van der Waals surface area contributed by atoms with Gasteiger partial charge >= 0.3 is 45.1 Å². The lowest BCUT2D eigenvalue weighted by molar-refractivity contribution is -0.221. The number of nitrogens with zero attached hydrogens (tertiary/aromatic N) is 6. The van der Waals surface area contributed by atoms with Gasteiger partial charge in [-0.2, -0.15) is 40.2 Å². The lowest BCUT2D eigenvalue weighted by atomic mass is 9.82. The van der Waals surface area contributed by atoms with Gasteiger partial charge in [-0.1, -0.05) is 24.0 Å². The van der Waals surface area contributed by atoms with Crippen molar-refractivity contribution >= 4 is 43.8 Å². The van der Waals surface area contributed by atoms with Crippen LogP contribution in [0, 0.1) is 34.3 Å². The summed E-state index contributed by atoms with van der Waals surface area (Å²) in [5.74, 6) is 0.0639. The molecule has 4 amide bonds. The number of ether oxygens (including phenoxy) is 5. The predicted molar refractivity (Wildman–Crippen MR) is 293 cm³/mol. The highest BCUT2D eigenvalue weighted by molar-refractivity contribution is 7.46. The van der Waals surface area contributed by atoms with Crippen molar-refractivity contribution in [3.8, 4) is 23.1 Å². The van der Waals surface area contributed by atoms with E-state index in [-0.39, 0.29) is 10.2 Å². The van der Waals surface area contributed by atoms with Gasteiger partial charge in [-0.3, -0.25) is 19.9 Å². The molecular weight excluding hydrogens is 1250 g/mol. The number of hydrogen-bond acceptors (Lipinski definition) is 17. The maximum absolute atomic E-state index is 16.4. The van der Waals surface area contributed by atoms with Crippen molar-refractivity contribution in [1.82, 2.24) is 46.0 Å². The fraction of sp³-hybridized carbons (Fsp3) is 0.509. The standard InChI is InChI=1S/C55H63F10N10O14P/c1-52(2,54(60,61)62)44(68-49(78)84-5)46(76)67-41(19-31-10-7-30(8-11-31)9-12-32-13-16-43(66-22-32)72-23-34-14-15-35(24-72)75(34)36-27-86-28-36)42(89-51(80)87-29-88-90(81,82)83)26-73(71-47(77)45(69-50(79)85-6)53(3,4)55(63,64)65)25-37-38(56)20-33(21-39(37)57)40-17-18-74(70-40)48(58)59/h7-8,10-11,13,16-18,20-22,34-36,41-42,44-45,48H,14-15,19,23-29H2,1-6H3,(H,67,76)(H,68,78)(H,69,79)(H,71,77)(H2,81,82,83)/t34?,35?,41-,42-,44+,45+/m0/s1. The summed E-state index contributed by atoms with van der Waals surface area (Å²) in [6.45, 7) is -2.55. The highest BCUT2D eigenvalue weighted by Gasteiger charge is 2.57. The number of hydrogen-bond donors (Lipinski definition) is 6. The number of fused-ring (bicyclic) bond motifs is 2. The Bertz CT molecular complexity index is 3290. The van der Waals surface area contributed by atoms with Crippen LogP contribution in [-0.2, 0) is 55.3 Å². The second kappa shape index (κ2) is 28.6. The number of phosphoric acid groups is 1. The number of aromatic nitrogens is 3. The fourth-order valence-electron chi connectivity index (χ4n) is 10.1. The normalized spacial score (nSPS) is 17.9. The average molecular weight is 1310 g/mol. The molecule has 7 rings (SSSR count). The number of nitrogens with one attached hydrogen (secondary N) is 4. The van der Waals surface area contributed by atoms with Crippen molar-refractivity contribution in [2.24, 2.45) is 10.8 Å². The van der Waals surface area contributed by atoms with Crippen LogP contribution in [0.15, 0.2) is 67.0 Å². The zero-order valence-corrected chi connectivity index (χ0v) is 49.6. The summed E-state index contributed by atoms with van der Waals surface area (Å²) in [6.07, 6.45) is -14.4. The number of halogens is 10. The molecule has 0 spiro atoms. The number of alkyl carbamates (subject to hydrolysis) is 2. The monoisotopic (exact) mass is 1310 g/mol. The molecule has 4 aromatic rings. The van der Waals surface area contributed by atoms with E-state index in [2.05, 4.69) is 55.8 Å². The second-order valence-corrected chi connectivity index (χ2v) is 23.4. The summed E-state index contributed by atoms with van der Waals surface area (Å²) >= 11 is 0. The van der Waals surface area contributed by atoms with Gasteiger partial charge in [0.2, 0.25) is 12.7 Å². The van der Waals surface area contributed by atoms with Gasteiger partial charge in [-0.15, -0.1) is 0 Å². The van der Waals surface area contributed by atoms with Gasteiger partial charge < -0.3 is 54.3 Å². The maximum Gasteiger partial charge on any atom is 0.510 e. The van der Waals surface area contributed by atoms with Gasteiger partial charge in [0.15, 0.2) is 0 Å². The molecule has 2 bridgehead atoms. The zero-order valence-electron chi connectivity index (χ0n) is 48.7. The first kappa shape index (κ1) is 69.7. The van der Waals surface area contributed by atoms with E-state index < -0.39 is 147 Å². The molecule has 3 aliphatic rings. The van der Waals surface area contributed by atoms with E-state index in [1.165, 1.54) is 24.3 Å². The zero-order chi connectivity index (χ0) is 66.3. The van der Waals surface area contributed by atoms with E-state index in [0.717, 1.165) is 58.2 Å². The van der Waals surface area contributed by atoms with E-state index in [1.807, 2.05) is 11.5 Å². The number of methoxy groups -OCH3 is 2. The molecule has 35 heteroatoms. The van der Waals surface area contributed by atoms with Crippen LogP contribution in [0.3, 0.4) is 0 Å². The number of benzene rings is 2. The first-order chi connectivity index (χ1) is 42.1. The van der Waals surface area contributed by atoms with Crippen molar-refractivity contribution in [2.75, 3.05) is 58.8 Å². The minimum Gasteiger partial charge on any atom is -0.453 e. The Morgan fingerprint density at radius 2 is 1.34 bits per heavy atom. The van der Waals surface area contributed by atoms with Crippen LogP contribution in [0.5, 0.6) is 0 Å². The lowest BCUT2D eigenvalue weighted by Crippen LogP contribution is -2.64. The molecule has 6 N–H and O–H groups in total. The predicted octanol–water partition coefficient (Wildman–Crippen LogP) is 6.85. The molecule has 0 aliphatic carbocycles. The van der Waals surface area contributed by atoms with E-state index in [0.29, 0.717) is 87.3 Å². The molecular formula is C55H63F10N10O14P. The van der Waals surface area contributed by atoms with Crippen LogP contribution in [-0.4, -0.2) is 173 Å². The number of carbonyl (C=O) groups is 5. The van der Waals surface area contributed by atoms with Gasteiger partial charge in [0, 0.05) is 66.4 Å². The number of carbonyl (C=O) groups excluding carboxylic acids is 5. The molecule has 24 nitrogen and oxygen atoms in total. The number of phosphoric ester groups is 1. The highest BCUT2D eigenvalue weighted by Crippen LogP contribution is 2.43. The maximum atomic E-state index is 16.4. The number of amides is 4. The van der Waals surface area contributed by atoms with Gasteiger partial charge in [0.25, 0.3) is 5.91 Å². The minimum absolute atomic E-state index is 0.0990. The molecule has 492 valence electrons. The molecule has 3 aliphatic heterocycles. The number of rotatable bonds is 23. The number of piperazine rings is 1. The number of anilines is 1. The van der Waals surface area contributed by atoms with E-state index in [9.17, 15) is 73.4 Å². The highest BCUT2D eigenvalue weighted by atomic mass is 31.2. The number of hydrazine groups is 1. The average Bonchev–Trinajstić information content (AvgIpc) is 1.58. The Kier molecular flexibility index (Phi) is 22.1. The Labute approximate surface area is 507 Å². The molecule has 3 saturated heterocycles. The topological polar surface area (TPSA) is 287 Å². The molecule has 2 unspecified atom stereocenters. The molecule has 2 aromatic heterocycles. The smallest absolute Gasteiger partial charge is 0.453 e. The van der Waals surface area contributed by atoms with Crippen LogP contribution in [0.1, 0.15) is 69.3 Å². The van der Waals surface area contributed by atoms with Crippen LogP contribution < -0.4 is 26.3 Å². The third-order valence-corrected chi connectivity index (χ3v) is 15.9. The third kappa shape index (κ3) is 17.4. The van der Waals surface area contributed by atoms with Crippen LogP contribution in [0.4, 0.5) is 64.1 Å². The SMILES string of the molecule is COC(=O)N[C@H](C(=O)N[C@@H](Cc1ccc(C#Cc2ccc(N3CC4CCC(C3)N4C3COC3)nc2)cc1)[C@H](CN(Cc1c(F)cc(-c2ccn(C(F)F)n2)cc1F)NC(=O)[C@@H](NC(=O)OC)C(C)(C)C(F)(F)F)OC(=O)OCOP(=O)(O)O)C(C)(C)C(F)(F)F. The van der Waals surface area contributed by atoms with E-state index in [1.54, 1.807) is 22.9 Å². The minimum atomic E-state index is -5.43. The molecule has 2 aromatic carbocycles. The van der Waals surface area contributed by atoms with Crippen molar-refractivity contribution in [1.29, 1.82) is 0 Å². The van der Waals surface area contributed by atoms with Gasteiger partial charge in [0.05, 0.1) is 62.6 Å². The summed E-state index contributed by atoms with van der Waals surface area (Å²) in [5, 5.41) is 9.68. The Morgan fingerprint density at radius 1 is 0.789 bits per heavy atom. The third-order valence-electron chi connectivity index (χ3n) is 15.4. The van der Waals surface area contributed by atoms with Crippen molar-refractivity contribution in [3.63, 3.8) is 0 Å². The largest absolute Gasteiger partial charge is 0.510 e. The fourth-order valence-corrected chi connectivity index (χ4v) is 10.3. The molecule has 6 atom stereocenters. The second-order valence-electron chi connectivity index (χ2n) is 22.2. The van der Waals surface area contributed by atoms with Gasteiger partial charge in [0.1, 0.15) is 35.6 Å². The summed E-state index contributed by atoms with van der Waals surface area (Å²) in [5.41, 5.74) is -5.47. The number of alkyl halides is 8. The summed E-state index contributed by atoms with van der Waals surface area (Å²) < 4.78 is 189. The van der Waals surface area contributed by atoms with Crippen molar-refractivity contribution in [2.45, 2.75) is 115 Å². The van der Waals surface area contributed by atoms with E-state index >= 15 is 8.78 Å². The number of pyridine rings is 1.